The van der Waals surface area contributed by atoms with E-state index in [1.165, 1.54) is 0 Å². The summed E-state index contributed by atoms with van der Waals surface area (Å²) < 4.78 is 0. The predicted octanol–water partition coefficient (Wildman–Crippen LogP) is 4.47. The van der Waals surface area contributed by atoms with Crippen LogP contribution in [-0.4, -0.2) is 11.6 Å². The van der Waals surface area contributed by atoms with Crippen LogP contribution >= 0.6 is 11.6 Å². The molecule has 5 heteroatoms. The molecule has 0 aliphatic carbocycles. The molecule has 1 aliphatic rings. The van der Waals surface area contributed by atoms with E-state index in [0.29, 0.717) is 5.92 Å². The van der Waals surface area contributed by atoms with E-state index in [-0.39, 0.29) is 11.6 Å². The zero-order chi connectivity index (χ0) is 18.8. The highest BCUT2D eigenvalue weighted by Gasteiger charge is 2.37. The highest BCUT2D eigenvalue weighted by Crippen LogP contribution is 2.38. The van der Waals surface area contributed by atoms with Crippen LogP contribution in [-0.2, 0) is 12.0 Å². The molecule has 0 saturated carbocycles. The van der Waals surface area contributed by atoms with Gasteiger partial charge >= 0.3 is 6.03 Å². The topological polar surface area (TPSA) is 67.2 Å². The Kier molecular flexibility index (Phi) is 5.85. The van der Waals surface area contributed by atoms with Gasteiger partial charge in [0.05, 0.1) is 5.54 Å². The Morgan fingerprint density at radius 3 is 2.60 bits per heavy atom. The molecule has 2 amide bonds. The smallest absolute Gasteiger partial charge is 0.319 e. The van der Waals surface area contributed by atoms with Crippen molar-refractivity contribution in [3.63, 3.8) is 0 Å². The molecule has 2 atom stereocenters. The van der Waals surface area contributed by atoms with Crippen LogP contribution in [0.15, 0.2) is 30.0 Å². The van der Waals surface area contributed by atoms with Gasteiger partial charge in [-0.1, -0.05) is 37.6 Å². The van der Waals surface area contributed by atoms with Gasteiger partial charge in [0.15, 0.2) is 0 Å². The number of halogens is 1. The first kappa shape index (κ1) is 19.8. The molecule has 1 heterocycles. The first-order valence-electron chi connectivity index (χ1n) is 8.94. The minimum atomic E-state index is -0.562. The molecule has 0 saturated heterocycles. The summed E-state index contributed by atoms with van der Waals surface area (Å²) >= 11 is 6.55. The van der Waals surface area contributed by atoms with Crippen LogP contribution in [0.4, 0.5) is 4.79 Å². The summed E-state index contributed by atoms with van der Waals surface area (Å²) in [5.41, 5.74) is 8.53. The maximum absolute atomic E-state index is 12.0. The zero-order valence-corrected chi connectivity index (χ0v) is 16.6. The van der Waals surface area contributed by atoms with Gasteiger partial charge in [0.25, 0.3) is 0 Å². The molecule has 25 heavy (non-hydrogen) atoms. The average molecular weight is 364 g/mol. The van der Waals surface area contributed by atoms with Gasteiger partial charge in [-0.05, 0) is 68.7 Å². The van der Waals surface area contributed by atoms with Crippen LogP contribution in [0, 0.1) is 5.92 Å². The molecule has 0 bridgehead atoms. The Hall–Kier alpha value is -1.52. The van der Waals surface area contributed by atoms with Crippen LogP contribution in [0.3, 0.4) is 0 Å². The van der Waals surface area contributed by atoms with E-state index in [1.807, 2.05) is 33.0 Å². The summed E-state index contributed by atoms with van der Waals surface area (Å²) in [6, 6.07) is 5.89. The van der Waals surface area contributed by atoms with E-state index in [9.17, 15) is 4.79 Å². The van der Waals surface area contributed by atoms with Crippen molar-refractivity contribution < 1.29 is 4.79 Å². The molecule has 0 aromatic heterocycles. The number of nitrogens with two attached hydrogens (primary N) is 1. The number of amides is 2. The molecule has 0 spiro atoms. The fraction of sp³-hybridized carbons (Fsp3) is 0.550. The second-order valence-electron chi connectivity index (χ2n) is 7.93. The fourth-order valence-electron chi connectivity index (χ4n) is 3.23. The number of urea groups is 1. The lowest BCUT2D eigenvalue weighted by Crippen LogP contribution is -2.53. The lowest BCUT2D eigenvalue weighted by Gasteiger charge is -2.39. The first-order valence-corrected chi connectivity index (χ1v) is 9.31. The number of hydrogen-bond acceptors (Lipinski definition) is 2. The fourth-order valence-corrected chi connectivity index (χ4v) is 3.51. The number of nitrogens with one attached hydrogen (secondary N) is 2. The van der Waals surface area contributed by atoms with Gasteiger partial charge in [-0.15, -0.1) is 0 Å². The monoisotopic (exact) mass is 363 g/mol. The van der Waals surface area contributed by atoms with Crippen molar-refractivity contribution in [2.75, 3.05) is 0 Å². The molecule has 1 aromatic rings. The summed E-state index contributed by atoms with van der Waals surface area (Å²) in [6.07, 6.45) is 4.53. The summed E-state index contributed by atoms with van der Waals surface area (Å²) in [4.78, 5) is 12.0. The zero-order valence-electron chi connectivity index (χ0n) is 15.9. The number of rotatable bonds is 6. The molecule has 0 fully saturated rings. The highest BCUT2D eigenvalue weighted by atomic mass is 35.5. The van der Waals surface area contributed by atoms with E-state index in [1.54, 1.807) is 0 Å². The van der Waals surface area contributed by atoms with Crippen LogP contribution in [0.2, 0.25) is 5.02 Å². The number of carbonyl (C=O) groups excluding carboxylic acids is 1. The van der Waals surface area contributed by atoms with Gasteiger partial charge in [-0.2, -0.15) is 0 Å². The molecule has 1 unspecified atom stereocenters. The number of carbonyl (C=O) groups is 1. The second kappa shape index (κ2) is 7.38. The summed E-state index contributed by atoms with van der Waals surface area (Å²) in [5.74, 6) is 0.342. The van der Waals surface area contributed by atoms with Crippen molar-refractivity contribution in [3.05, 3.63) is 46.1 Å². The molecule has 138 valence electrons. The Morgan fingerprint density at radius 1 is 1.36 bits per heavy atom. The maximum Gasteiger partial charge on any atom is 0.319 e. The molecular formula is C20H30ClN3O. The molecule has 1 aliphatic heterocycles. The number of aryl methyl sites for hydroxylation is 1. The van der Waals surface area contributed by atoms with Crippen LogP contribution in [0.5, 0.6) is 0 Å². The third kappa shape index (κ3) is 4.56. The van der Waals surface area contributed by atoms with E-state index in [2.05, 4.69) is 36.6 Å². The Morgan fingerprint density at radius 2 is 2.04 bits per heavy atom. The molecule has 2 rings (SSSR count). The van der Waals surface area contributed by atoms with Gasteiger partial charge in [-0.3, -0.25) is 0 Å². The van der Waals surface area contributed by atoms with Crippen molar-refractivity contribution in [1.29, 1.82) is 0 Å². The van der Waals surface area contributed by atoms with Crippen molar-refractivity contribution in [2.45, 2.75) is 65.0 Å². The van der Waals surface area contributed by atoms with Crippen LogP contribution < -0.4 is 16.4 Å². The van der Waals surface area contributed by atoms with Crippen molar-refractivity contribution in [3.8, 4) is 0 Å². The van der Waals surface area contributed by atoms with Crippen molar-refractivity contribution in [1.82, 2.24) is 10.6 Å². The molecule has 0 radical (unpaired) electrons. The van der Waals surface area contributed by atoms with E-state index >= 15 is 0 Å². The molecule has 1 aromatic carbocycles. The third-order valence-corrected chi connectivity index (χ3v) is 5.46. The summed E-state index contributed by atoms with van der Waals surface area (Å²) in [6.45, 7) is 10.4. The maximum atomic E-state index is 12.0. The quantitative estimate of drug-likeness (QED) is 0.698. The van der Waals surface area contributed by atoms with Crippen molar-refractivity contribution >= 4 is 17.6 Å². The van der Waals surface area contributed by atoms with Gasteiger partial charge in [0, 0.05) is 16.8 Å². The lowest BCUT2D eigenvalue weighted by atomic mass is 9.77. The lowest BCUT2D eigenvalue weighted by molar-refractivity contribution is 0.229. The molecule has 4 nitrogen and oxygen atoms in total. The van der Waals surface area contributed by atoms with Gasteiger partial charge in [0.2, 0.25) is 0 Å². The minimum Gasteiger partial charge on any atom is -0.326 e. The largest absolute Gasteiger partial charge is 0.326 e. The Labute approximate surface area is 156 Å². The first-order chi connectivity index (χ1) is 11.6. The number of hydrogen-bond donors (Lipinski definition) is 3. The Balaban J connectivity index is 2.35. The highest BCUT2D eigenvalue weighted by molar-refractivity contribution is 6.31. The average Bonchev–Trinajstić information content (AvgIpc) is 2.52. The third-order valence-electron chi connectivity index (χ3n) is 5.11. The van der Waals surface area contributed by atoms with Crippen LogP contribution in [0.25, 0.3) is 0 Å². The van der Waals surface area contributed by atoms with E-state index in [4.69, 9.17) is 17.3 Å². The normalized spacial score (nSPS) is 22.0. The van der Waals surface area contributed by atoms with Crippen molar-refractivity contribution in [2.24, 2.45) is 11.7 Å². The van der Waals surface area contributed by atoms with Gasteiger partial charge in [-0.25, -0.2) is 4.79 Å². The van der Waals surface area contributed by atoms with Crippen LogP contribution in [0.1, 0.15) is 58.6 Å². The second-order valence-corrected chi connectivity index (χ2v) is 8.33. The summed E-state index contributed by atoms with van der Waals surface area (Å²) in [5, 5.41) is 6.58. The van der Waals surface area contributed by atoms with Gasteiger partial charge < -0.3 is 16.4 Å². The molecular weight excluding hydrogens is 334 g/mol. The van der Waals surface area contributed by atoms with E-state index in [0.717, 1.165) is 41.0 Å². The summed E-state index contributed by atoms with van der Waals surface area (Å²) in [7, 11) is 0. The SMILES string of the molecule is CCC(C)C1=CNC(=O)N[C@@]1(C)c1ccc(CCC(C)(C)N)c(Cl)c1. The predicted molar refractivity (Wildman–Crippen MR) is 105 cm³/mol. The Bertz CT molecular complexity index is 678. The minimum absolute atomic E-state index is 0.195. The molecule has 4 N–H and O–H groups in total. The van der Waals surface area contributed by atoms with Gasteiger partial charge in [0.1, 0.15) is 0 Å². The standard InChI is InChI=1S/C20H30ClN3O/c1-6-13(2)16-12-23-18(25)24-20(16,5)15-8-7-14(17(21)11-15)9-10-19(3,4)22/h7-8,11-13H,6,9-10,22H2,1-5H3,(H2,23,24,25)/t13?,20-/m0/s1. The number of benzene rings is 1. The van der Waals surface area contributed by atoms with E-state index < -0.39 is 5.54 Å².